The molecule has 0 aromatic heterocycles. The van der Waals surface area contributed by atoms with Crippen molar-refractivity contribution in [3.05, 3.63) is 42.0 Å². The van der Waals surface area contributed by atoms with Gasteiger partial charge in [-0.2, -0.15) is 0 Å². The third-order valence-electron chi connectivity index (χ3n) is 3.39. The topological polar surface area (TPSA) is 85.6 Å². The van der Waals surface area contributed by atoms with E-state index in [1.165, 1.54) is 0 Å². The van der Waals surface area contributed by atoms with Gasteiger partial charge in [0.1, 0.15) is 11.5 Å². The van der Waals surface area contributed by atoms with Gasteiger partial charge in [0, 0.05) is 17.8 Å². The van der Waals surface area contributed by atoms with Gasteiger partial charge in [0.05, 0.1) is 31.2 Å². The molecule has 0 atom stereocenters. The summed E-state index contributed by atoms with van der Waals surface area (Å²) >= 11 is 0. The Balaban J connectivity index is 2.38. The van der Waals surface area contributed by atoms with Crippen molar-refractivity contribution in [3.8, 4) is 11.5 Å². The molecule has 4 N–H and O–H groups in total. The Morgan fingerprint density at radius 3 is 2.38 bits per heavy atom. The van der Waals surface area contributed by atoms with Gasteiger partial charge in [-0.25, -0.2) is 0 Å². The van der Waals surface area contributed by atoms with Gasteiger partial charge < -0.3 is 25.8 Å². The lowest BCUT2D eigenvalue weighted by Crippen LogP contribution is -2.30. The lowest BCUT2D eigenvalue weighted by molar-refractivity contribution is 0.0944. The fourth-order valence-corrected chi connectivity index (χ4v) is 2.25. The molecule has 0 unspecified atom stereocenters. The molecule has 128 valence electrons. The molecule has 0 heterocycles. The summed E-state index contributed by atoms with van der Waals surface area (Å²) in [6, 6.07) is 10.6. The zero-order valence-corrected chi connectivity index (χ0v) is 14.3. The van der Waals surface area contributed by atoms with E-state index in [-0.39, 0.29) is 11.9 Å². The van der Waals surface area contributed by atoms with E-state index in [2.05, 4.69) is 10.6 Å². The Kier molecular flexibility index (Phi) is 5.52. The minimum absolute atomic E-state index is 0.0299. The van der Waals surface area contributed by atoms with Gasteiger partial charge in [-0.05, 0) is 44.2 Å². The number of hydrogen-bond acceptors (Lipinski definition) is 5. The predicted molar refractivity (Wildman–Crippen MR) is 96.3 cm³/mol. The summed E-state index contributed by atoms with van der Waals surface area (Å²) in [7, 11) is 3.17. The molecule has 0 spiro atoms. The number of nitrogen functional groups attached to an aromatic ring is 1. The average Bonchev–Trinajstić information content (AvgIpc) is 2.56. The molecular weight excluding hydrogens is 306 g/mol. The quantitative estimate of drug-likeness (QED) is 0.709. The SMILES string of the molecule is COc1ccc(Nc2ccc(N)cc2C(=O)NC(C)C)c(OC)c1. The third kappa shape index (κ3) is 4.10. The van der Waals surface area contributed by atoms with Crippen LogP contribution in [-0.4, -0.2) is 26.2 Å². The fourth-order valence-electron chi connectivity index (χ4n) is 2.25. The molecule has 24 heavy (non-hydrogen) atoms. The van der Waals surface area contributed by atoms with E-state index in [9.17, 15) is 4.79 Å². The van der Waals surface area contributed by atoms with Crippen LogP contribution in [0.1, 0.15) is 24.2 Å². The first-order valence-electron chi connectivity index (χ1n) is 7.64. The standard InChI is InChI=1S/C18H23N3O3/c1-11(2)20-18(22)14-9-12(19)5-7-15(14)21-16-8-6-13(23-3)10-17(16)24-4/h5-11,21H,19H2,1-4H3,(H,20,22). The second-order valence-corrected chi connectivity index (χ2v) is 5.62. The van der Waals surface area contributed by atoms with E-state index in [4.69, 9.17) is 15.2 Å². The molecule has 0 fully saturated rings. The highest BCUT2D eigenvalue weighted by atomic mass is 16.5. The van der Waals surface area contributed by atoms with Crippen molar-refractivity contribution in [2.45, 2.75) is 19.9 Å². The van der Waals surface area contributed by atoms with Gasteiger partial charge >= 0.3 is 0 Å². The number of benzene rings is 2. The monoisotopic (exact) mass is 329 g/mol. The molecular formula is C18H23N3O3. The first kappa shape index (κ1) is 17.5. The minimum atomic E-state index is -0.188. The Morgan fingerprint density at radius 2 is 1.75 bits per heavy atom. The second kappa shape index (κ2) is 7.59. The van der Waals surface area contributed by atoms with Crippen LogP contribution in [0.4, 0.5) is 17.1 Å². The molecule has 0 radical (unpaired) electrons. The lowest BCUT2D eigenvalue weighted by atomic mass is 10.1. The van der Waals surface area contributed by atoms with Crippen LogP contribution in [0.2, 0.25) is 0 Å². The molecule has 2 rings (SSSR count). The number of nitrogens with one attached hydrogen (secondary N) is 2. The van der Waals surface area contributed by atoms with E-state index in [0.29, 0.717) is 28.4 Å². The first-order chi connectivity index (χ1) is 11.4. The van der Waals surface area contributed by atoms with Crippen molar-refractivity contribution in [1.29, 1.82) is 0 Å². The van der Waals surface area contributed by atoms with Crippen LogP contribution in [0.5, 0.6) is 11.5 Å². The van der Waals surface area contributed by atoms with Gasteiger partial charge in [-0.15, -0.1) is 0 Å². The van der Waals surface area contributed by atoms with Crippen LogP contribution in [0.25, 0.3) is 0 Å². The molecule has 0 aliphatic rings. The third-order valence-corrected chi connectivity index (χ3v) is 3.39. The number of amides is 1. The number of carbonyl (C=O) groups is 1. The average molecular weight is 329 g/mol. The Hall–Kier alpha value is -2.89. The van der Waals surface area contributed by atoms with Crippen LogP contribution in [-0.2, 0) is 0 Å². The summed E-state index contributed by atoms with van der Waals surface area (Å²) in [5.74, 6) is 1.11. The second-order valence-electron chi connectivity index (χ2n) is 5.62. The molecule has 2 aromatic rings. The molecule has 1 amide bonds. The predicted octanol–water partition coefficient (Wildman–Crippen LogP) is 3.17. The van der Waals surface area contributed by atoms with Crippen molar-refractivity contribution in [3.63, 3.8) is 0 Å². The van der Waals surface area contributed by atoms with Gasteiger partial charge in [0.15, 0.2) is 0 Å². The highest BCUT2D eigenvalue weighted by Gasteiger charge is 2.15. The number of nitrogens with two attached hydrogens (primary N) is 1. The zero-order chi connectivity index (χ0) is 17.7. The van der Waals surface area contributed by atoms with Gasteiger partial charge in [0.25, 0.3) is 5.91 Å². The number of ether oxygens (including phenoxy) is 2. The summed E-state index contributed by atoms with van der Waals surface area (Å²) in [4.78, 5) is 12.4. The van der Waals surface area contributed by atoms with Crippen LogP contribution >= 0.6 is 0 Å². The Bertz CT molecular complexity index is 729. The molecule has 6 nitrogen and oxygen atoms in total. The van der Waals surface area contributed by atoms with E-state index < -0.39 is 0 Å². The number of methoxy groups -OCH3 is 2. The molecule has 0 aliphatic heterocycles. The van der Waals surface area contributed by atoms with Crippen LogP contribution in [0, 0.1) is 0 Å². The molecule has 2 aromatic carbocycles. The highest BCUT2D eigenvalue weighted by Crippen LogP contribution is 2.33. The minimum Gasteiger partial charge on any atom is -0.497 e. The van der Waals surface area contributed by atoms with E-state index in [1.54, 1.807) is 38.5 Å². The molecule has 0 aliphatic carbocycles. The Labute approximate surface area is 142 Å². The van der Waals surface area contributed by atoms with Crippen LogP contribution in [0.15, 0.2) is 36.4 Å². The van der Waals surface area contributed by atoms with Gasteiger partial charge in [-0.3, -0.25) is 4.79 Å². The first-order valence-corrected chi connectivity index (χ1v) is 7.64. The molecule has 0 saturated heterocycles. The summed E-state index contributed by atoms with van der Waals surface area (Å²) in [6.45, 7) is 3.81. The van der Waals surface area contributed by atoms with Crippen molar-refractivity contribution in [2.24, 2.45) is 0 Å². The number of rotatable bonds is 6. The summed E-state index contributed by atoms with van der Waals surface area (Å²) in [5.41, 5.74) is 8.20. The number of hydrogen-bond donors (Lipinski definition) is 3. The lowest BCUT2D eigenvalue weighted by Gasteiger charge is -2.16. The summed E-state index contributed by atoms with van der Waals surface area (Å²) < 4.78 is 10.6. The summed E-state index contributed by atoms with van der Waals surface area (Å²) in [5, 5.41) is 6.10. The Morgan fingerprint density at radius 1 is 1.04 bits per heavy atom. The van der Waals surface area contributed by atoms with Crippen LogP contribution < -0.4 is 25.8 Å². The van der Waals surface area contributed by atoms with Crippen molar-refractivity contribution < 1.29 is 14.3 Å². The van der Waals surface area contributed by atoms with E-state index in [0.717, 1.165) is 5.69 Å². The highest BCUT2D eigenvalue weighted by molar-refractivity contribution is 6.01. The van der Waals surface area contributed by atoms with Crippen LogP contribution in [0.3, 0.4) is 0 Å². The fraction of sp³-hybridized carbons (Fsp3) is 0.278. The maximum absolute atomic E-state index is 12.4. The largest absolute Gasteiger partial charge is 0.497 e. The molecule has 6 heteroatoms. The molecule has 0 saturated carbocycles. The van der Waals surface area contributed by atoms with E-state index in [1.807, 2.05) is 26.0 Å². The van der Waals surface area contributed by atoms with Crippen molar-refractivity contribution in [1.82, 2.24) is 5.32 Å². The van der Waals surface area contributed by atoms with E-state index >= 15 is 0 Å². The number of carbonyl (C=O) groups excluding carboxylic acids is 1. The smallest absolute Gasteiger partial charge is 0.253 e. The molecule has 0 bridgehead atoms. The summed E-state index contributed by atoms with van der Waals surface area (Å²) in [6.07, 6.45) is 0. The maximum atomic E-state index is 12.4. The van der Waals surface area contributed by atoms with Gasteiger partial charge in [0.2, 0.25) is 0 Å². The normalized spacial score (nSPS) is 10.4. The van der Waals surface area contributed by atoms with Gasteiger partial charge in [-0.1, -0.05) is 0 Å². The van der Waals surface area contributed by atoms with Crippen molar-refractivity contribution in [2.75, 3.05) is 25.3 Å². The van der Waals surface area contributed by atoms with Crippen molar-refractivity contribution >= 4 is 23.0 Å². The number of anilines is 3. The maximum Gasteiger partial charge on any atom is 0.253 e. The zero-order valence-electron chi connectivity index (χ0n) is 14.3.